The van der Waals surface area contributed by atoms with E-state index < -0.39 is 0 Å². The third-order valence-corrected chi connectivity index (χ3v) is 12.9. The van der Waals surface area contributed by atoms with Gasteiger partial charge >= 0.3 is 0 Å². The Bertz CT molecular complexity index is 3240. The van der Waals surface area contributed by atoms with Gasteiger partial charge in [-0.15, -0.1) is 0 Å². The smallest absolute Gasteiger partial charge is 0.164 e. The Morgan fingerprint density at radius 1 is 0.526 bits per heavy atom. The van der Waals surface area contributed by atoms with Crippen molar-refractivity contribution >= 4 is 55.5 Å². The summed E-state index contributed by atoms with van der Waals surface area (Å²) in [5, 5.41) is 10.0. The van der Waals surface area contributed by atoms with Gasteiger partial charge in [0, 0.05) is 38.2 Å². The van der Waals surface area contributed by atoms with Crippen LogP contribution in [0.2, 0.25) is 0 Å². The summed E-state index contributed by atoms with van der Waals surface area (Å²) >= 11 is 0. The highest BCUT2D eigenvalue weighted by Crippen LogP contribution is 2.51. The molecule has 2 aliphatic rings. The third-order valence-electron chi connectivity index (χ3n) is 12.9. The molecule has 57 heavy (non-hydrogen) atoms. The molecule has 276 valence electrons. The van der Waals surface area contributed by atoms with E-state index in [4.69, 9.17) is 15.0 Å². The van der Waals surface area contributed by atoms with E-state index in [1.54, 1.807) is 0 Å². The Labute approximate surface area is 332 Å². The maximum absolute atomic E-state index is 5.21. The van der Waals surface area contributed by atoms with Gasteiger partial charge in [0.15, 0.2) is 17.5 Å². The van der Waals surface area contributed by atoms with Gasteiger partial charge in [-0.25, -0.2) is 15.0 Å². The Morgan fingerprint density at radius 2 is 1.25 bits per heavy atom. The van der Waals surface area contributed by atoms with Crippen LogP contribution in [0.1, 0.15) is 64.5 Å². The zero-order chi connectivity index (χ0) is 38.5. The van der Waals surface area contributed by atoms with E-state index in [-0.39, 0.29) is 10.8 Å². The van der Waals surface area contributed by atoms with Crippen LogP contribution >= 0.6 is 0 Å². The number of aromatic nitrogens is 4. The van der Waals surface area contributed by atoms with Gasteiger partial charge in [-0.05, 0) is 87.0 Å². The monoisotopic (exact) mass is 736 g/mol. The molecule has 0 aliphatic heterocycles. The number of hydrogen-bond donors (Lipinski definition) is 0. The van der Waals surface area contributed by atoms with Crippen molar-refractivity contribution in [2.24, 2.45) is 0 Å². The van der Waals surface area contributed by atoms with Crippen LogP contribution in [0, 0.1) is 0 Å². The van der Waals surface area contributed by atoms with Crippen LogP contribution in [-0.4, -0.2) is 19.5 Å². The number of rotatable bonds is 4. The van der Waals surface area contributed by atoms with E-state index in [1.165, 1.54) is 71.6 Å². The largest absolute Gasteiger partial charge is 0.308 e. The Balaban J connectivity index is 1.16. The Hall–Kier alpha value is -6.39. The maximum Gasteiger partial charge on any atom is 0.164 e. The fourth-order valence-corrected chi connectivity index (χ4v) is 9.86. The summed E-state index contributed by atoms with van der Waals surface area (Å²) < 4.78 is 2.55. The van der Waals surface area contributed by atoms with E-state index in [1.807, 2.05) is 18.2 Å². The molecule has 2 aromatic heterocycles. The first kappa shape index (κ1) is 33.9. The molecule has 0 fully saturated rings. The normalized spacial score (nSPS) is 15.6. The summed E-state index contributed by atoms with van der Waals surface area (Å²) in [7, 11) is 0. The SMILES string of the molecule is CC1(C)CCC(C)(C)c2c1ccc1c2c2ccc3ccccc3c2n1-c1cccc2cc(-c3nc(-c4ccccc4)nc(-c4cccc5c4=CCCC=5)n3)ccc12. The second kappa shape index (κ2) is 12.6. The Morgan fingerprint density at radius 3 is 2.12 bits per heavy atom. The number of hydrogen-bond acceptors (Lipinski definition) is 3. The van der Waals surface area contributed by atoms with Crippen LogP contribution in [0.5, 0.6) is 0 Å². The van der Waals surface area contributed by atoms with E-state index in [0.29, 0.717) is 17.5 Å². The first-order valence-electron chi connectivity index (χ1n) is 20.4. The molecule has 0 saturated carbocycles. The molecule has 2 aliphatic carbocycles. The molecule has 0 amide bonds. The molecular formula is C53H44N4. The topological polar surface area (TPSA) is 43.6 Å². The number of benzene rings is 7. The van der Waals surface area contributed by atoms with Gasteiger partial charge in [0.1, 0.15) is 0 Å². The molecule has 2 heterocycles. The predicted octanol–water partition coefficient (Wildman–Crippen LogP) is 12.0. The quantitative estimate of drug-likeness (QED) is 0.181. The van der Waals surface area contributed by atoms with Crippen molar-refractivity contribution in [1.82, 2.24) is 19.5 Å². The molecule has 0 bridgehead atoms. The van der Waals surface area contributed by atoms with Crippen LogP contribution in [0.25, 0.3) is 95.4 Å². The van der Waals surface area contributed by atoms with Gasteiger partial charge < -0.3 is 4.57 Å². The first-order chi connectivity index (χ1) is 27.7. The van der Waals surface area contributed by atoms with E-state index in [0.717, 1.165) is 41.3 Å². The van der Waals surface area contributed by atoms with Gasteiger partial charge in [0.2, 0.25) is 0 Å². The lowest BCUT2D eigenvalue weighted by Gasteiger charge is -2.42. The predicted molar refractivity (Wildman–Crippen MR) is 238 cm³/mol. The summed E-state index contributed by atoms with van der Waals surface area (Å²) in [5.41, 5.74) is 9.84. The summed E-state index contributed by atoms with van der Waals surface area (Å²) in [4.78, 5) is 15.4. The molecule has 4 heteroatoms. The van der Waals surface area contributed by atoms with Crippen molar-refractivity contribution in [1.29, 1.82) is 0 Å². The molecule has 0 saturated heterocycles. The highest BCUT2D eigenvalue weighted by Gasteiger charge is 2.39. The van der Waals surface area contributed by atoms with Gasteiger partial charge in [-0.2, -0.15) is 0 Å². The minimum atomic E-state index is 0.0557. The molecule has 0 radical (unpaired) electrons. The van der Waals surface area contributed by atoms with Crippen LogP contribution in [0.15, 0.2) is 133 Å². The van der Waals surface area contributed by atoms with Crippen LogP contribution in [0.3, 0.4) is 0 Å². The summed E-state index contributed by atoms with van der Waals surface area (Å²) in [6.45, 7) is 9.74. The third kappa shape index (κ3) is 5.30. The van der Waals surface area contributed by atoms with Crippen LogP contribution < -0.4 is 10.4 Å². The zero-order valence-electron chi connectivity index (χ0n) is 33.0. The molecule has 0 unspecified atom stereocenters. The van der Waals surface area contributed by atoms with Crippen molar-refractivity contribution in [3.63, 3.8) is 0 Å². The van der Waals surface area contributed by atoms with Gasteiger partial charge in [-0.1, -0.05) is 155 Å². The highest BCUT2D eigenvalue weighted by atomic mass is 15.0. The second-order valence-electron chi connectivity index (χ2n) is 17.3. The molecule has 4 nitrogen and oxygen atoms in total. The van der Waals surface area contributed by atoms with Crippen molar-refractivity contribution in [2.45, 2.75) is 64.2 Å². The number of fused-ring (bicyclic) bond motifs is 9. The minimum absolute atomic E-state index is 0.0557. The summed E-state index contributed by atoms with van der Waals surface area (Å²) in [5.74, 6) is 2.04. The first-order valence-corrected chi connectivity index (χ1v) is 20.4. The van der Waals surface area contributed by atoms with Crippen molar-refractivity contribution < 1.29 is 0 Å². The van der Waals surface area contributed by atoms with Gasteiger partial charge in [0.25, 0.3) is 0 Å². The summed E-state index contributed by atoms with van der Waals surface area (Å²) in [6, 6.07) is 48.5. The summed E-state index contributed by atoms with van der Waals surface area (Å²) in [6.07, 6.45) is 9.06. The lowest BCUT2D eigenvalue weighted by molar-refractivity contribution is 0.334. The fourth-order valence-electron chi connectivity index (χ4n) is 9.86. The molecular weight excluding hydrogens is 693 g/mol. The second-order valence-corrected chi connectivity index (χ2v) is 17.3. The number of nitrogens with zero attached hydrogens (tertiary/aromatic N) is 4. The average Bonchev–Trinajstić information content (AvgIpc) is 3.59. The van der Waals surface area contributed by atoms with Gasteiger partial charge in [0.05, 0.1) is 16.7 Å². The molecule has 7 aromatic carbocycles. The molecule has 9 aromatic rings. The molecule has 11 rings (SSSR count). The van der Waals surface area contributed by atoms with Crippen LogP contribution in [-0.2, 0) is 10.8 Å². The molecule has 0 atom stereocenters. The van der Waals surface area contributed by atoms with E-state index in [2.05, 4.69) is 160 Å². The van der Waals surface area contributed by atoms with Crippen molar-refractivity contribution in [3.8, 4) is 39.9 Å². The lowest BCUT2D eigenvalue weighted by atomic mass is 9.62. The lowest BCUT2D eigenvalue weighted by Crippen LogP contribution is -2.34. The average molecular weight is 737 g/mol. The standard InChI is InChI=1S/C53H44N4/c1-52(2)30-31-53(3,4)47-43(52)28-29-45-46(47)42-27-24-34-15-9-11-21-40(34)48(42)57(45)44-23-13-19-36-32-37(25-26-39(36)44)50-54-49(35-16-6-5-7-17-35)55-51(56-50)41-22-12-18-33-14-8-10-20-38(33)41/h5-7,9,11-29,32H,8,10,30-31H2,1-4H3. The maximum atomic E-state index is 5.21. The minimum Gasteiger partial charge on any atom is -0.308 e. The molecule has 0 N–H and O–H groups in total. The van der Waals surface area contributed by atoms with Crippen molar-refractivity contribution in [2.75, 3.05) is 0 Å². The highest BCUT2D eigenvalue weighted by molar-refractivity contribution is 6.20. The van der Waals surface area contributed by atoms with E-state index >= 15 is 0 Å². The Kier molecular flexibility index (Phi) is 7.47. The fraction of sp³-hybridized carbons (Fsp3) is 0.189. The van der Waals surface area contributed by atoms with Crippen LogP contribution in [0.4, 0.5) is 0 Å². The zero-order valence-corrected chi connectivity index (χ0v) is 33.0. The van der Waals surface area contributed by atoms with E-state index in [9.17, 15) is 0 Å². The van der Waals surface area contributed by atoms with Crippen molar-refractivity contribution in [3.05, 3.63) is 155 Å². The molecule has 0 spiro atoms. The van der Waals surface area contributed by atoms with Gasteiger partial charge in [-0.3, -0.25) is 0 Å².